The van der Waals surface area contributed by atoms with Crippen molar-refractivity contribution in [2.24, 2.45) is 0 Å². The lowest BCUT2D eigenvalue weighted by Gasteiger charge is -2.27. The highest BCUT2D eigenvalue weighted by Gasteiger charge is 2.47. The average molecular weight is 462 g/mol. The molecule has 168 valence electrons. The van der Waals surface area contributed by atoms with Crippen LogP contribution in [0.1, 0.15) is 35.2 Å². The fourth-order valence-electron chi connectivity index (χ4n) is 4.17. The zero-order chi connectivity index (χ0) is 23.7. The summed E-state index contributed by atoms with van der Waals surface area (Å²) >= 11 is 6.21. The number of aliphatic hydroxyl groups excluding tert-OH is 1. The molecule has 1 atom stereocenters. The number of amides is 1. The molecule has 5 nitrogen and oxygen atoms in total. The fraction of sp³-hybridized carbons (Fsp3) is 0.185. The molecule has 33 heavy (non-hydrogen) atoms. The van der Waals surface area contributed by atoms with Gasteiger partial charge in [0.05, 0.1) is 23.2 Å². The first kappa shape index (κ1) is 22.6. The van der Waals surface area contributed by atoms with Gasteiger partial charge in [0.1, 0.15) is 11.5 Å². The standard InChI is InChI=1S/C27H24ClNO4/c1-4-33-22-15-18(13-14-20(22)28)25(30)23-24(19-11-7-5-9-16(19)2)29(27(32)26(23)31)21-12-8-6-10-17(21)3/h5-15,24,30H,4H2,1-3H3/b25-23+. The number of anilines is 1. The second-order valence-electron chi connectivity index (χ2n) is 7.89. The van der Waals surface area contributed by atoms with Gasteiger partial charge in [-0.15, -0.1) is 0 Å². The van der Waals surface area contributed by atoms with Crippen LogP contribution < -0.4 is 9.64 Å². The van der Waals surface area contributed by atoms with Gasteiger partial charge in [0, 0.05) is 11.3 Å². The van der Waals surface area contributed by atoms with Crippen molar-refractivity contribution in [1.29, 1.82) is 0 Å². The highest BCUT2D eigenvalue weighted by molar-refractivity contribution is 6.51. The summed E-state index contributed by atoms with van der Waals surface area (Å²) < 4.78 is 5.55. The summed E-state index contributed by atoms with van der Waals surface area (Å²) in [5, 5.41) is 11.7. The van der Waals surface area contributed by atoms with E-state index in [0.717, 1.165) is 16.7 Å². The zero-order valence-corrected chi connectivity index (χ0v) is 19.4. The molecule has 0 aliphatic carbocycles. The molecule has 1 N–H and O–H groups in total. The van der Waals surface area contributed by atoms with Gasteiger partial charge in [-0.2, -0.15) is 0 Å². The third-order valence-electron chi connectivity index (χ3n) is 5.81. The van der Waals surface area contributed by atoms with E-state index in [2.05, 4.69) is 0 Å². The van der Waals surface area contributed by atoms with Crippen LogP contribution in [0.2, 0.25) is 5.02 Å². The Kier molecular flexibility index (Phi) is 6.25. The maximum atomic E-state index is 13.3. The molecule has 0 radical (unpaired) electrons. The minimum absolute atomic E-state index is 0.0299. The van der Waals surface area contributed by atoms with Crippen LogP contribution in [0.3, 0.4) is 0 Å². The van der Waals surface area contributed by atoms with Crippen molar-refractivity contribution >= 4 is 34.7 Å². The van der Waals surface area contributed by atoms with Gasteiger partial charge in [-0.05, 0) is 61.7 Å². The van der Waals surface area contributed by atoms with Gasteiger partial charge in [0.2, 0.25) is 0 Å². The number of halogens is 1. The highest BCUT2D eigenvalue weighted by Crippen LogP contribution is 2.44. The molecule has 0 aromatic heterocycles. The molecular weight excluding hydrogens is 438 g/mol. The van der Waals surface area contributed by atoms with Crippen LogP contribution in [0.5, 0.6) is 5.75 Å². The Morgan fingerprint density at radius 3 is 2.33 bits per heavy atom. The van der Waals surface area contributed by atoms with E-state index in [1.54, 1.807) is 24.3 Å². The van der Waals surface area contributed by atoms with E-state index in [1.165, 1.54) is 4.90 Å². The highest BCUT2D eigenvalue weighted by atomic mass is 35.5. The van der Waals surface area contributed by atoms with Crippen molar-refractivity contribution in [2.45, 2.75) is 26.8 Å². The summed E-state index contributed by atoms with van der Waals surface area (Å²) in [4.78, 5) is 28.1. The summed E-state index contributed by atoms with van der Waals surface area (Å²) in [6.45, 7) is 6.03. The van der Waals surface area contributed by atoms with E-state index in [1.807, 2.05) is 63.2 Å². The summed E-state index contributed by atoms with van der Waals surface area (Å²) in [6.07, 6.45) is 0. The van der Waals surface area contributed by atoms with Crippen LogP contribution in [0.4, 0.5) is 5.69 Å². The molecule has 3 aromatic rings. The Balaban J connectivity index is 1.97. The molecule has 1 unspecified atom stereocenters. The van der Waals surface area contributed by atoms with E-state index < -0.39 is 17.7 Å². The number of para-hydroxylation sites is 1. The normalized spacial score (nSPS) is 17.5. The van der Waals surface area contributed by atoms with Crippen LogP contribution in [0, 0.1) is 13.8 Å². The number of hydrogen-bond donors (Lipinski definition) is 1. The van der Waals surface area contributed by atoms with Crippen molar-refractivity contribution in [2.75, 3.05) is 11.5 Å². The van der Waals surface area contributed by atoms with E-state index in [9.17, 15) is 14.7 Å². The summed E-state index contributed by atoms with van der Waals surface area (Å²) in [5.74, 6) is -1.30. The molecule has 0 saturated carbocycles. The number of ketones is 1. The average Bonchev–Trinajstić information content (AvgIpc) is 3.06. The van der Waals surface area contributed by atoms with Crippen molar-refractivity contribution in [3.63, 3.8) is 0 Å². The van der Waals surface area contributed by atoms with Crippen LogP contribution >= 0.6 is 11.6 Å². The third kappa shape index (κ3) is 4.00. The number of benzene rings is 3. The Bertz CT molecular complexity index is 1280. The van der Waals surface area contributed by atoms with E-state index >= 15 is 0 Å². The zero-order valence-electron chi connectivity index (χ0n) is 18.6. The molecule has 1 aliphatic heterocycles. The van der Waals surface area contributed by atoms with Gasteiger partial charge in [0.25, 0.3) is 11.7 Å². The van der Waals surface area contributed by atoms with Crippen LogP contribution in [-0.2, 0) is 9.59 Å². The number of carbonyl (C=O) groups excluding carboxylic acids is 2. The third-order valence-corrected chi connectivity index (χ3v) is 6.12. The lowest BCUT2D eigenvalue weighted by atomic mass is 9.92. The minimum atomic E-state index is -0.779. The molecule has 4 rings (SSSR count). The SMILES string of the molecule is CCOc1cc(/C(O)=C2\C(=O)C(=O)N(c3ccccc3C)C2c2ccccc2C)ccc1Cl. The number of aryl methyl sites for hydroxylation is 2. The topological polar surface area (TPSA) is 66.8 Å². The van der Waals surface area contributed by atoms with Crippen LogP contribution in [0.15, 0.2) is 72.3 Å². The molecule has 1 fully saturated rings. The molecular formula is C27H24ClNO4. The van der Waals surface area contributed by atoms with Gasteiger partial charge in [-0.25, -0.2) is 0 Å². The molecule has 1 heterocycles. The molecule has 1 saturated heterocycles. The number of Topliss-reactive ketones (excluding diaryl/α,β-unsaturated/α-hetero) is 1. The first-order chi connectivity index (χ1) is 15.8. The molecule has 0 spiro atoms. The molecule has 0 bridgehead atoms. The van der Waals surface area contributed by atoms with Crippen molar-refractivity contribution < 1.29 is 19.4 Å². The summed E-state index contributed by atoms with van der Waals surface area (Å²) in [6, 6.07) is 18.9. The number of carbonyl (C=O) groups is 2. The fourth-order valence-corrected chi connectivity index (χ4v) is 4.35. The largest absolute Gasteiger partial charge is 0.507 e. The first-order valence-electron chi connectivity index (χ1n) is 10.7. The molecule has 1 aliphatic rings. The van der Waals surface area contributed by atoms with E-state index in [4.69, 9.17) is 16.3 Å². The Hall–Kier alpha value is -3.57. The molecule has 6 heteroatoms. The summed E-state index contributed by atoms with van der Waals surface area (Å²) in [7, 11) is 0. The Labute approximate surface area is 197 Å². The van der Waals surface area contributed by atoms with Crippen LogP contribution in [0.25, 0.3) is 5.76 Å². The number of aliphatic hydroxyl groups is 1. The van der Waals surface area contributed by atoms with Crippen LogP contribution in [-0.4, -0.2) is 23.4 Å². The van der Waals surface area contributed by atoms with Crippen molar-refractivity contribution in [3.05, 3.63) is 99.6 Å². The Morgan fingerprint density at radius 1 is 1.00 bits per heavy atom. The monoisotopic (exact) mass is 461 g/mol. The van der Waals surface area contributed by atoms with Gasteiger partial charge >= 0.3 is 0 Å². The van der Waals surface area contributed by atoms with Gasteiger partial charge in [0.15, 0.2) is 0 Å². The second-order valence-corrected chi connectivity index (χ2v) is 8.30. The van der Waals surface area contributed by atoms with Gasteiger partial charge in [-0.3, -0.25) is 14.5 Å². The van der Waals surface area contributed by atoms with Gasteiger partial charge < -0.3 is 9.84 Å². The number of ether oxygens (including phenoxy) is 1. The maximum absolute atomic E-state index is 13.3. The second kappa shape index (κ2) is 9.12. The maximum Gasteiger partial charge on any atom is 0.300 e. The number of hydrogen-bond acceptors (Lipinski definition) is 4. The number of rotatable bonds is 5. The predicted molar refractivity (Wildman–Crippen MR) is 130 cm³/mol. The predicted octanol–water partition coefficient (Wildman–Crippen LogP) is 5.98. The molecule has 1 amide bonds. The first-order valence-corrected chi connectivity index (χ1v) is 11.1. The van der Waals surface area contributed by atoms with Crippen molar-refractivity contribution in [3.8, 4) is 5.75 Å². The lowest BCUT2D eigenvalue weighted by molar-refractivity contribution is -0.132. The Morgan fingerprint density at radius 2 is 1.67 bits per heavy atom. The smallest absolute Gasteiger partial charge is 0.300 e. The van der Waals surface area contributed by atoms with E-state index in [-0.39, 0.29) is 11.3 Å². The summed E-state index contributed by atoms with van der Waals surface area (Å²) in [5.41, 5.74) is 3.52. The quantitative estimate of drug-likeness (QED) is 0.288. The lowest BCUT2D eigenvalue weighted by Crippen LogP contribution is -2.30. The van der Waals surface area contributed by atoms with Gasteiger partial charge in [-0.1, -0.05) is 54.1 Å². The minimum Gasteiger partial charge on any atom is -0.507 e. The van der Waals surface area contributed by atoms with E-state index in [0.29, 0.717) is 28.6 Å². The number of nitrogens with zero attached hydrogens (tertiary/aromatic N) is 1. The van der Waals surface area contributed by atoms with Crippen molar-refractivity contribution in [1.82, 2.24) is 0 Å². The molecule has 3 aromatic carbocycles.